The molecule has 0 bridgehead atoms. The number of hydrogen-bond acceptors (Lipinski definition) is 2. The van der Waals surface area contributed by atoms with E-state index in [2.05, 4.69) is 0 Å². The summed E-state index contributed by atoms with van der Waals surface area (Å²) in [4.78, 5) is 0. The van der Waals surface area contributed by atoms with E-state index < -0.39 is 6.10 Å². The quantitative estimate of drug-likeness (QED) is 0.899. The third kappa shape index (κ3) is 3.32. The van der Waals surface area contributed by atoms with E-state index in [1.165, 1.54) is 12.1 Å². The van der Waals surface area contributed by atoms with Crippen molar-refractivity contribution in [1.82, 2.24) is 0 Å². The molecule has 0 aromatic heterocycles. The van der Waals surface area contributed by atoms with Crippen molar-refractivity contribution in [1.29, 1.82) is 0 Å². The first-order chi connectivity index (χ1) is 9.08. The van der Waals surface area contributed by atoms with Crippen LogP contribution in [0.2, 0.25) is 0 Å². The molecule has 0 saturated heterocycles. The van der Waals surface area contributed by atoms with Gasteiger partial charge in [-0.05, 0) is 31.5 Å². The Morgan fingerprint density at radius 3 is 2.37 bits per heavy atom. The Kier molecular flexibility index (Phi) is 4.17. The molecule has 0 saturated carbocycles. The molecule has 0 amide bonds. The number of ether oxygens (including phenoxy) is 1. The van der Waals surface area contributed by atoms with Crippen molar-refractivity contribution < 1.29 is 14.2 Å². The molecule has 2 nitrogen and oxygen atoms in total. The minimum absolute atomic E-state index is 0.208. The van der Waals surface area contributed by atoms with E-state index in [1.807, 2.05) is 37.3 Å². The lowest BCUT2D eigenvalue weighted by molar-refractivity contribution is 0.178. The Bertz CT molecular complexity index is 538. The van der Waals surface area contributed by atoms with E-state index in [4.69, 9.17) is 4.74 Å². The third-order valence-electron chi connectivity index (χ3n) is 3.00. The summed E-state index contributed by atoms with van der Waals surface area (Å²) in [6, 6.07) is 13.9. The van der Waals surface area contributed by atoms with Gasteiger partial charge in [-0.15, -0.1) is 0 Å². The SMILES string of the molecule is CC(Oc1cc(F)ccc1[C@H](C)O)c1ccccc1. The third-order valence-corrected chi connectivity index (χ3v) is 3.00. The molecule has 2 aromatic rings. The highest BCUT2D eigenvalue weighted by Crippen LogP contribution is 2.30. The first kappa shape index (κ1) is 13.6. The van der Waals surface area contributed by atoms with Crippen molar-refractivity contribution in [2.75, 3.05) is 0 Å². The average molecular weight is 260 g/mol. The lowest BCUT2D eigenvalue weighted by Crippen LogP contribution is -2.06. The molecular formula is C16H17FO2. The minimum atomic E-state index is -0.696. The molecule has 2 aromatic carbocycles. The maximum absolute atomic E-state index is 13.3. The van der Waals surface area contributed by atoms with Gasteiger partial charge >= 0.3 is 0 Å². The van der Waals surface area contributed by atoms with Gasteiger partial charge in [-0.2, -0.15) is 0 Å². The number of benzene rings is 2. The topological polar surface area (TPSA) is 29.5 Å². The van der Waals surface area contributed by atoms with Crippen LogP contribution in [0.1, 0.15) is 37.2 Å². The summed E-state index contributed by atoms with van der Waals surface area (Å²) >= 11 is 0. The number of aliphatic hydroxyl groups is 1. The Balaban J connectivity index is 2.25. The fourth-order valence-corrected chi connectivity index (χ4v) is 1.94. The Morgan fingerprint density at radius 1 is 1.05 bits per heavy atom. The van der Waals surface area contributed by atoms with Gasteiger partial charge in [-0.1, -0.05) is 30.3 Å². The van der Waals surface area contributed by atoms with Crippen molar-refractivity contribution in [3.63, 3.8) is 0 Å². The summed E-state index contributed by atoms with van der Waals surface area (Å²) < 4.78 is 19.1. The van der Waals surface area contributed by atoms with Crippen molar-refractivity contribution in [3.05, 3.63) is 65.5 Å². The molecule has 100 valence electrons. The molecule has 1 N–H and O–H groups in total. The summed E-state index contributed by atoms with van der Waals surface area (Å²) in [5, 5.41) is 9.68. The van der Waals surface area contributed by atoms with E-state index in [0.29, 0.717) is 11.3 Å². The summed E-state index contributed by atoms with van der Waals surface area (Å²) in [6.45, 7) is 3.53. The molecule has 0 radical (unpaired) electrons. The first-order valence-electron chi connectivity index (χ1n) is 6.27. The lowest BCUT2D eigenvalue weighted by Gasteiger charge is -2.19. The van der Waals surface area contributed by atoms with Crippen LogP contribution in [-0.4, -0.2) is 5.11 Å². The van der Waals surface area contributed by atoms with E-state index >= 15 is 0 Å². The maximum Gasteiger partial charge on any atom is 0.128 e. The van der Waals surface area contributed by atoms with Gasteiger partial charge in [-0.3, -0.25) is 0 Å². The van der Waals surface area contributed by atoms with Crippen molar-refractivity contribution in [2.24, 2.45) is 0 Å². The summed E-state index contributed by atoms with van der Waals surface area (Å²) in [5.74, 6) is 0.00557. The molecule has 0 aliphatic carbocycles. The standard InChI is InChI=1S/C16H17FO2/c1-11(18)15-9-8-14(17)10-16(15)19-12(2)13-6-4-3-5-7-13/h3-12,18H,1-2H3/t11-,12?/m0/s1. The van der Waals surface area contributed by atoms with E-state index in [1.54, 1.807) is 13.0 Å². The highest BCUT2D eigenvalue weighted by Gasteiger charge is 2.14. The minimum Gasteiger partial charge on any atom is -0.486 e. The molecular weight excluding hydrogens is 243 g/mol. The molecule has 19 heavy (non-hydrogen) atoms. The van der Waals surface area contributed by atoms with Crippen LogP contribution < -0.4 is 4.74 Å². The van der Waals surface area contributed by atoms with Crippen molar-refractivity contribution >= 4 is 0 Å². The van der Waals surface area contributed by atoms with Crippen LogP contribution in [0.3, 0.4) is 0 Å². The molecule has 0 aliphatic rings. The number of aliphatic hydroxyl groups excluding tert-OH is 1. The van der Waals surface area contributed by atoms with E-state index in [-0.39, 0.29) is 11.9 Å². The molecule has 3 heteroatoms. The Morgan fingerprint density at radius 2 is 1.74 bits per heavy atom. The first-order valence-corrected chi connectivity index (χ1v) is 6.27. The summed E-state index contributed by atoms with van der Waals surface area (Å²) in [7, 11) is 0. The normalized spacial score (nSPS) is 13.9. The summed E-state index contributed by atoms with van der Waals surface area (Å²) in [5.41, 5.74) is 1.59. The predicted molar refractivity (Wildman–Crippen MR) is 72.5 cm³/mol. The molecule has 0 heterocycles. The molecule has 2 rings (SSSR count). The zero-order chi connectivity index (χ0) is 13.8. The fraction of sp³-hybridized carbons (Fsp3) is 0.250. The van der Waals surface area contributed by atoms with Gasteiger partial charge in [0.05, 0.1) is 6.10 Å². The largest absolute Gasteiger partial charge is 0.486 e. The molecule has 1 unspecified atom stereocenters. The smallest absolute Gasteiger partial charge is 0.128 e. The van der Waals surface area contributed by atoms with Crippen LogP contribution in [0.4, 0.5) is 4.39 Å². The fourth-order valence-electron chi connectivity index (χ4n) is 1.94. The highest BCUT2D eigenvalue weighted by atomic mass is 19.1. The van der Waals surface area contributed by atoms with Gasteiger partial charge in [0.15, 0.2) is 0 Å². The monoisotopic (exact) mass is 260 g/mol. The van der Waals surface area contributed by atoms with Crippen molar-refractivity contribution in [3.8, 4) is 5.75 Å². The van der Waals surface area contributed by atoms with Crippen LogP contribution in [0.25, 0.3) is 0 Å². The molecule has 0 aliphatic heterocycles. The average Bonchev–Trinajstić information content (AvgIpc) is 2.39. The van der Waals surface area contributed by atoms with Gasteiger partial charge in [-0.25, -0.2) is 4.39 Å². The number of hydrogen-bond donors (Lipinski definition) is 1. The summed E-state index contributed by atoms with van der Waals surface area (Å²) in [6.07, 6.45) is -0.904. The number of rotatable bonds is 4. The van der Waals surface area contributed by atoms with Gasteiger partial charge in [0.2, 0.25) is 0 Å². The zero-order valence-corrected chi connectivity index (χ0v) is 11.0. The number of halogens is 1. The van der Waals surface area contributed by atoms with Gasteiger partial charge in [0.25, 0.3) is 0 Å². The van der Waals surface area contributed by atoms with E-state index in [9.17, 15) is 9.50 Å². The second kappa shape index (κ2) is 5.85. The van der Waals surface area contributed by atoms with Gasteiger partial charge in [0, 0.05) is 11.6 Å². The van der Waals surface area contributed by atoms with Crippen LogP contribution >= 0.6 is 0 Å². The highest BCUT2D eigenvalue weighted by molar-refractivity contribution is 5.36. The Hall–Kier alpha value is -1.87. The Labute approximate surface area is 112 Å². The molecule has 0 spiro atoms. The van der Waals surface area contributed by atoms with E-state index in [0.717, 1.165) is 5.56 Å². The van der Waals surface area contributed by atoms with Crippen molar-refractivity contribution in [2.45, 2.75) is 26.1 Å². The van der Waals surface area contributed by atoms with Gasteiger partial charge in [0.1, 0.15) is 17.7 Å². The lowest BCUT2D eigenvalue weighted by atomic mass is 10.1. The zero-order valence-electron chi connectivity index (χ0n) is 11.0. The van der Waals surface area contributed by atoms with Crippen LogP contribution in [0, 0.1) is 5.82 Å². The van der Waals surface area contributed by atoms with Gasteiger partial charge < -0.3 is 9.84 Å². The maximum atomic E-state index is 13.3. The van der Waals surface area contributed by atoms with Crippen LogP contribution in [0.5, 0.6) is 5.75 Å². The van der Waals surface area contributed by atoms with Crippen LogP contribution in [0.15, 0.2) is 48.5 Å². The second-order valence-corrected chi connectivity index (χ2v) is 4.53. The second-order valence-electron chi connectivity index (χ2n) is 4.53. The predicted octanol–water partition coefficient (Wildman–Crippen LogP) is 4.02. The molecule has 0 fully saturated rings. The molecule has 2 atom stereocenters. The van der Waals surface area contributed by atoms with Crippen LogP contribution in [-0.2, 0) is 0 Å².